The topological polar surface area (TPSA) is 62.5 Å². The fourth-order valence-electron chi connectivity index (χ4n) is 3.50. The summed E-state index contributed by atoms with van der Waals surface area (Å²) < 4.78 is 40.6. The Hall–Kier alpha value is -2.62. The Kier molecular flexibility index (Phi) is 5.20. The average Bonchev–Trinajstić information content (AvgIpc) is 3.26. The van der Waals surface area contributed by atoms with Gasteiger partial charge in [-0.25, -0.2) is 9.50 Å². The minimum Gasteiger partial charge on any atom is -0.360 e. The van der Waals surface area contributed by atoms with Gasteiger partial charge in [0, 0.05) is 32.1 Å². The van der Waals surface area contributed by atoms with E-state index in [2.05, 4.69) is 15.4 Å². The molecule has 1 saturated heterocycles. The number of amides is 1. The molecule has 1 aromatic carbocycles. The van der Waals surface area contributed by atoms with Crippen molar-refractivity contribution in [2.24, 2.45) is 5.92 Å². The van der Waals surface area contributed by atoms with Crippen molar-refractivity contribution < 1.29 is 18.0 Å². The predicted molar refractivity (Wildman–Crippen MR) is 105 cm³/mol. The highest BCUT2D eigenvalue weighted by Gasteiger charge is 2.30. The first kappa shape index (κ1) is 19.7. The van der Waals surface area contributed by atoms with Crippen LogP contribution in [0, 0.1) is 5.92 Å². The van der Waals surface area contributed by atoms with E-state index in [-0.39, 0.29) is 5.91 Å². The quantitative estimate of drug-likeness (QED) is 0.685. The average molecular weight is 423 g/mol. The first-order valence-corrected chi connectivity index (χ1v) is 10.1. The van der Waals surface area contributed by atoms with Gasteiger partial charge in [0.25, 0.3) is 0 Å². The third kappa shape index (κ3) is 4.21. The van der Waals surface area contributed by atoms with Crippen molar-refractivity contribution in [2.75, 3.05) is 25.0 Å². The fraction of sp³-hybridized carbons (Fsp3) is 0.421. The lowest BCUT2D eigenvalue weighted by atomic mass is 9.97. The van der Waals surface area contributed by atoms with Crippen molar-refractivity contribution in [3.63, 3.8) is 0 Å². The number of aromatic nitrogens is 3. The van der Waals surface area contributed by atoms with Crippen LogP contribution in [0.25, 0.3) is 16.2 Å². The van der Waals surface area contributed by atoms with Gasteiger partial charge in [0.1, 0.15) is 0 Å². The third-order valence-electron chi connectivity index (χ3n) is 5.17. The Morgan fingerprint density at radius 3 is 2.76 bits per heavy atom. The van der Waals surface area contributed by atoms with Crippen LogP contribution in [0.4, 0.5) is 18.3 Å². The second kappa shape index (κ2) is 7.66. The zero-order valence-electron chi connectivity index (χ0n) is 15.7. The number of likely N-dealkylation sites (tertiary alicyclic amines) is 1. The van der Waals surface area contributed by atoms with Gasteiger partial charge < -0.3 is 10.2 Å². The van der Waals surface area contributed by atoms with Gasteiger partial charge in [0.15, 0.2) is 0 Å². The first-order chi connectivity index (χ1) is 13.8. The fourth-order valence-corrected chi connectivity index (χ4v) is 4.28. The molecule has 0 spiro atoms. The third-order valence-corrected chi connectivity index (χ3v) is 6.05. The van der Waals surface area contributed by atoms with Gasteiger partial charge >= 0.3 is 6.18 Å². The van der Waals surface area contributed by atoms with E-state index in [1.807, 2.05) is 4.90 Å². The maximum absolute atomic E-state index is 13.0. The van der Waals surface area contributed by atoms with Crippen LogP contribution in [0.1, 0.15) is 25.3 Å². The molecular formula is C19H20F3N5OS. The number of piperidine rings is 1. The summed E-state index contributed by atoms with van der Waals surface area (Å²) in [5, 5.41) is 8.47. The number of nitrogens with one attached hydrogen (secondary N) is 1. The Morgan fingerprint density at radius 2 is 2.07 bits per heavy atom. The molecule has 0 bridgehead atoms. The lowest BCUT2D eigenvalue weighted by Crippen LogP contribution is -2.38. The van der Waals surface area contributed by atoms with Gasteiger partial charge in [-0.15, -0.1) is 5.10 Å². The molecule has 3 heterocycles. The summed E-state index contributed by atoms with van der Waals surface area (Å²) in [5.74, 6) is 0.560. The van der Waals surface area contributed by atoms with Gasteiger partial charge in [-0.05, 0) is 30.9 Å². The molecule has 0 saturated carbocycles. The van der Waals surface area contributed by atoms with E-state index in [0.717, 1.165) is 44.6 Å². The number of anilines is 1. The number of alkyl halides is 3. The highest BCUT2D eigenvalue weighted by molar-refractivity contribution is 7.20. The Bertz CT molecular complexity index is 1020. The number of rotatable bonds is 4. The van der Waals surface area contributed by atoms with E-state index in [1.54, 1.807) is 17.5 Å². The van der Waals surface area contributed by atoms with Gasteiger partial charge in [-0.2, -0.15) is 13.2 Å². The number of halogens is 3. The van der Waals surface area contributed by atoms with Crippen LogP contribution in [-0.2, 0) is 11.0 Å². The molecule has 3 aromatic rings. The van der Waals surface area contributed by atoms with E-state index in [4.69, 9.17) is 0 Å². The van der Waals surface area contributed by atoms with Gasteiger partial charge in [-0.1, -0.05) is 23.5 Å². The molecule has 0 radical (unpaired) electrons. The zero-order chi connectivity index (χ0) is 20.6. The van der Waals surface area contributed by atoms with Gasteiger partial charge in [0.05, 0.1) is 17.5 Å². The van der Waals surface area contributed by atoms with Crippen molar-refractivity contribution in [3.8, 4) is 11.3 Å². The van der Waals surface area contributed by atoms with Crippen molar-refractivity contribution in [1.29, 1.82) is 0 Å². The molecule has 1 N–H and O–H groups in total. The molecule has 1 amide bonds. The van der Waals surface area contributed by atoms with Crippen molar-refractivity contribution in [2.45, 2.75) is 25.9 Å². The number of carbonyl (C=O) groups is 1. The molecule has 0 atom stereocenters. The monoisotopic (exact) mass is 423 g/mol. The van der Waals surface area contributed by atoms with Crippen LogP contribution in [0.15, 0.2) is 30.5 Å². The van der Waals surface area contributed by atoms with E-state index in [1.165, 1.54) is 23.6 Å². The second-order valence-electron chi connectivity index (χ2n) is 7.15. The van der Waals surface area contributed by atoms with Crippen LogP contribution in [-0.4, -0.2) is 45.0 Å². The SMILES string of the molecule is CC(=O)N1CCC(CNc2nn3c(-c4cccc(C(F)(F)F)c4)cnc3s2)CC1. The van der Waals surface area contributed by atoms with Crippen molar-refractivity contribution in [1.82, 2.24) is 19.5 Å². The summed E-state index contributed by atoms with van der Waals surface area (Å²) in [6.45, 7) is 3.86. The summed E-state index contributed by atoms with van der Waals surface area (Å²) in [4.78, 5) is 18.2. The number of hydrogen-bond acceptors (Lipinski definition) is 5. The molecule has 4 rings (SSSR count). The molecule has 1 fully saturated rings. The molecule has 6 nitrogen and oxygen atoms in total. The Labute approximate surface area is 169 Å². The lowest BCUT2D eigenvalue weighted by molar-refractivity contribution is -0.137. The maximum atomic E-state index is 13.0. The van der Waals surface area contributed by atoms with Crippen LogP contribution in [0.2, 0.25) is 0 Å². The highest BCUT2D eigenvalue weighted by atomic mass is 32.1. The van der Waals surface area contributed by atoms with E-state index in [9.17, 15) is 18.0 Å². The maximum Gasteiger partial charge on any atom is 0.416 e. The molecule has 1 aliphatic rings. The molecule has 2 aromatic heterocycles. The van der Waals surface area contributed by atoms with Crippen LogP contribution >= 0.6 is 11.3 Å². The number of imidazole rings is 1. The number of nitrogens with zero attached hydrogens (tertiary/aromatic N) is 4. The van der Waals surface area contributed by atoms with Gasteiger partial charge in [-0.3, -0.25) is 4.79 Å². The molecule has 10 heteroatoms. The molecule has 154 valence electrons. The summed E-state index contributed by atoms with van der Waals surface area (Å²) >= 11 is 1.36. The van der Waals surface area contributed by atoms with Crippen molar-refractivity contribution in [3.05, 3.63) is 36.0 Å². The molecular weight excluding hydrogens is 403 g/mol. The number of hydrogen-bond donors (Lipinski definition) is 1. The predicted octanol–water partition coefficient (Wildman–Crippen LogP) is 4.15. The zero-order valence-corrected chi connectivity index (χ0v) is 16.6. The van der Waals surface area contributed by atoms with Crippen LogP contribution < -0.4 is 5.32 Å². The molecule has 29 heavy (non-hydrogen) atoms. The number of fused-ring (bicyclic) bond motifs is 1. The number of benzene rings is 1. The summed E-state index contributed by atoms with van der Waals surface area (Å²) in [6, 6.07) is 5.16. The van der Waals surface area contributed by atoms with E-state index >= 15 is 0 Å². The Balaban J connectivity index is 1.46. The summed E-state index contributed by atoms with van der Waals surface area (Å²) in [5.41, 5.74) is 0.237. The minimum atomic E-state index is -4.40. The Morgan fingerprint density at radius 1 is 1.31 bits per heavy atom. The normalized spacial score (nSPS) is 15.8. The van der Waals surface area contributed by atoms with E-state index < -0.39 is 11.7 Å². The van der Waals surface area contributed by atoms with Crippen molar-refractivity contribution >= 4 is 27.3 Å². The van der Waals surface area contributed by atoms with Crippen LogP contribution in [0.3, 0.4) is 0 Å². The van der Waals surface area contributed by atoms with Gasteiger partial charge in [0.2, 0.25) is 16.0 Å². The molecule has 0 unspecified atom stereocenters. The minimum absolute atomic E-state index is 0.111. The van der Waals surface area contributed by atoms with E-state index in [0.29, 0.717) is 27.3 Å². The summed E-state index contributed by atoms with van der Waals surface area (Å²) in [7, 11) is 0. The molecule has 0 aliphatic carbocycles. The standard InChI is InChI=1S/C19H20F3N5OS/c1-12(28)26-7-5-13(6-8-26)10-23-17-25-27-16(11-24-18(27)29-17)14-3-2-4-15(9-14)19(20,21)22/h2-4,9,11,13H,5-8,10H2,1H3,(H,23,25). The summed E-state index contributed by atoms with van der Waals surface area (Å²) in [6.07, 6.45) is -0.989. The largest absolute Gasteiger partial charge is 0.416 e. The number of carbonyl (C=O) groups excluding carboxylic acids is 1. The highest BCUT2D eigenvalue weighted by Crippen LogP contribution is 2.33. The van der Waals surface area contributed by atoms with Crippen LogP contribution in [0.5, 0.6) is 0 Å². The lowest BCUT2D eigenvalue weighted by Gasteiger charge is -2.31. The smallest absolute Gasteiger partial charge is 0.360 e. The first-order valence-electron chi connectivity index (χ1n) is 9.33. The molecule has 1 aliphatic heterocycles. The second-order valence-corrected chi connectivity index (χ2v) is 8.11.